The van der Waals surface area contributed by atoms with Crippen molar-refractivity contribution in [3.8, 4) is 5.75 Å². The number of nitrogens with one attached hydrogen (secondary N) is 1. The number of hydrogen-bond acceptors (Lipinski definition) is 4. The molecule has 0 atom stereocenters. The molecule has 2 rings (SSSR count). The first-order valence-electron chi connectivity index (χ1n) is 7.43. The molecule has 0 aliphatic heterocycles. The first-order chi connectivity index (χ1) is 11.6. The molecule has 0 aliphatic rings. The topological polar surface area (TPSA) is 64.6 Å². The van der Waals surface area contributed by atoms with Gasteiger partial charge < -0.3 is 14.8 Å². The molecule has 0 unspecified atom stereocenters. The summed E-state index contributed by atoms with van der Waals surface area (Å²) >= 11 is 0. The molecule has 1 N–H and O–H groups in total. The Morgan fingerprint density at radius 1 is 1.12 bits per heavy atom. The largest absolute Gasteiger partial charge is 0.496 e. The minimum atomic E-state index is -0.597. The molecular formula is C19H19NO4. The number of carbonyl (C=O) groups is 2. The number of methoxy groups -OCH3 is 1. The van der Waals surface area contributed by atoms with Gasteiger partial charge in [-0.1, -0.05) is 30.3 Å². The van der Waals surface area contributed by atoms with E-state index in [0.717, 1.165) is 11.1 Å². The number of aryl methyl sites for hydroxylation is 1. The van der Waals surface area contributed by atoms with Crippen molar-refractivity contribution in [2.45, 2.75) is 6.92 Å². The van der Waals surface area contributed by atoms with Crippen LogP contribution in [0.2, 0.25) is 0 Å². The van der Waals surface area contributed by atoms with Crippen LogP contribution in [0, 0.1) is 6.92 Å². The lowest BCUT2D eigenvalue weighted by atomic mass is 10.2. The molecule has 124 valence electrons. The van der Waals surface area contributed by atoms with Crippen LogP contribution in [0.4, 0.5) is 5.69 Å². The Labute approximate surface area is 140 Å². The van der Waals surface area contributed by atoms with Gasteiger partial charge in [0.15, 0.2) is 6.61 Å². The van der Waals surface area contributed by atoms with E-state index in [9.17, 15) is 9.59 Å². The Morgan fingerprint density at radius 2 is 1.92 bits per heavy atom. The lowest BCUT2D eigenvalue weighted by molar-refractivity contribution is -0.142. The van der Waals surface area contributed by atoms with Gasteiger partial charge in [-0.3, -0.25) is 4.79 Å². The normalized spacial score (nSPS) is 10.4. The first kappa shape index (κ1) is 17.3. The third-order valence-corrected chi connectivity index (χ3v) is 3.19. The van der Waals surface area contributed by atoms with E-state index in [0.29, 0.717) is 11.4 Å². The van der Waals surface area contributed by atoms with Crippen molar-refractivity contribution in [2.24, 2.45) is 0 Å². The number of anilines is 1. The number of benzene rings is 2. The Hall–Kier alpha value is -3.08. The molecule has 0 saturated heterocycles. The lowest BCUT2D eigenvalue weighted by Gasteiger charge is -2.06. The van der Waals surface area contributed by atoms with Gasteiger partial charge in [-0.25, -0.2) is 4.79 Å². The predicted molar refractivity (Wildman–Crippen MR) is 92.8 cm³/mol. The molecule has 0 radical (unpaired) electrons. The van der Waals surface area contributed by atoms with Crippen molar-refractivity contribution in [3.05, 3.63) is 65.7 Å². The maximum absolute atomic E-state index is 11.8. The zero-order chi connectivity index (χ0) is 17.4. The monoisotopic (exact) mass is 325 g/mol. The number of amides is 1. The van der Waals surface area contributed by atoms with Crippen LogP contribution in [0.3, 0.4) is 0 Å². The molecule has 5 nitrogen and oxygen atoms in total. The van der Waals surface area contributed by atoms with E-state index in [-0.39, 0.29) is 12.5 Å². The van der Waals surface area contributed by atoms with Crippen LogP contribution >= 0.6 is 0 Å². The minimum absolute atomic E-state index is 0.344. The smallest absolute Gasteiger partial charge is 0.331 e. The fourth-order valence-electron chi connectivity index (χ4n) is 2.07. The standard InChI is InChI=1S/C19H19NO4/c1-14-6-5-8-16(12-14)20-18(21)13-24-19(22)11-10-15-7-3-4-9-17(15)23-2/h3-12H,13H2,1-2H3,(H,20,21)/b11-10+. The van der Waals surface area contributed by atoms with Gasteiger partial charge in [0.25, 0.3) is 5.91 Å². The highest BCUT2D eigenvalue weighted by Gasteiger charge is 2.06. The molecule has 0 fully saturated rings. The number of carbonyl (C=O) groups excluding carboxylic acids is 2. The molecule has 0 bridgehead atoms. The van der Waals surface area contributed by atoms with E-state index in [1.54, 1.807) is 25.3 Å². The minimum Gasteiger partial charge on any atom is -0.496 e. The van der Waals surface area contributed by atoms with Gasteiger partial charge >= 0.3 is 5.97 Å². The molecule has 0 aromatic heterocycles. The van der Waals surface area contributed by atoms with Crippen LogP contribution < -0.4 is 10.1 Å². The maximum Gasteiger partial charge on any atom is 0.331 e. The van der Waals surface area contributed by atoms with Gasteiger partial charge in [0.1, 0.15) is 5.75 Å². The average molecular weight is 325 g/mol. The highest BCUT2D eigenvalue weighted by atomic mass is 16.5. The van der Waals surface area contributed by atoms with Gasteiger partial charge in [-0.15, -0.1) is 0 Å². The van der Waals surface area contributed by atoms with E-state index >= 15 is 0 Å². The third-order valence-electron chi connectivity index (χ3n) is 3.19. The van der Waals surface area contributed by atoms with Crippen molar-refractivity contribution < 1.29 is 19.1 Å². The van der Waals surface area contributed by atoms with Crippen LogP contribution in [0.15, 0.2) is 54.6 Å². The Balaban J connectivity index is 1.84. The van der Waals surface area contributed by atoms with Gasteiger partial charge in [0.05, 0.1) is 7.11 Å². The van der Waals surface area contributed by atoms with Gasteiger partial charge in [0, 0.05) is 17.3 Å². The Morgan fingerprint density at radius 3 is 2.67 bits per heavy atom. The number of para-hydroxylation sites is 1. The second-order valence-corrected chi connectivity index (χ2v) is 5.10. The number of rotatable bonds is 6. The molecule has 0 saturated carbocycles. The third kappa shape index (κ3) is 5.28. The van der Waals surface area contributed by atoms with Crippen molar-refractivity contribution in [2.75, 3.05) is 19.0 Å². The zero-order valence-electron chi connectivity index (χ0n) is 13.6. The SMILES string of the molecule is COc1ccccc1/C=C/C(=O)OCC(=O)Nc1cccc(C)c1. The molecule has 24 heavy (non-hydrogen) atoms. The van der Waals surface area contributed by atoms with Crippen LogP contribution in [0.5, 0.6) is 5.75 Å². The fourth-order valence-corrected chi connectivity index (χ4v) is 2.07. The molecule has 2 aromatic rings. The number of hydrogen-bond donors (Lipinski definition) is 1. The highest BCUT2D eigenvalue weighted by molar-refractivity contribution is 5.94. The first-order valence-corrected chi connectivity index (χ1v) is 7.43. The molecule has 1 amide bonds. The molecule has 0 aliphatic carbocycles. The summed E-state index contributed by atoms with van der Waals surface area (Å²) in [6, 6.07) is 14.7. The average Bonchev–Trinajstić information content (AvgIpc) is 2.58. The summed E-state index contributed by atoms with van der Waals surface area (Å²) in [5.74, 6) is -0.335. The van der Waals surface area contributed by atoms with Crippen LogP contribution in [-0.4, -0.2) is 25.6 Å². The number of esters is 1. The Kier molecular flexibility index (Phi) is 6.14. The zero-order valence-corrected chi connectivity index (χ0v) is 13.6. The summed E-state index contributed by atoms with van der Waals surface area (Å²) in [5.41, 5.74) is 2.45. The quantitative estimate of drug-likeness (QED) is 0.654. The van der Waals surface area contributed by atoms with Gasteiger partial charge in [0.2, 0.25) is 0 Å². The lowest BCUT2D eigenvalue weighted by Crippen LogP contribution is -2.20. The van der Waals surface area contributed by atoms with E-state index < -0.39 is 5.97 Å². The molecule has 0 spiro atoms. The summed E-state index contributed by atoms with van der Waals surface area (Å²) in [6.45, 7) is 1.58. The van der Waals surface area contributed by atoms with Crippen molar-refractivity contribution in [1.82, 2.24) is 0 Å². The summed E-state index contributed by atoms with van der Waals surface area (Å²) in [6.07, 6.45) is 2.84. The Bertz CT molecular complexity index is 753. The number of ether oxygens (including phenoxy) is 2. The predicted octanol–water partition coefficient (Wildman–Crippen LogP) is 3.20. The molecule has 5 heteroatoms. The van der Waals surface area contributed by atoms with E-state index in [2.05, 4.69) is 5.32 Å². The summed E-state index contributed by atoms with van der Waals surface area (Å²) < 4.78 is 10.1. The van der Waals surface area contributed by atoms with Crippen LogP contribution in [-0.2, 0) is 14.3 Å². The second kappa shape index (κ2) is 8.53. The van der Waals surface area contributed by atoms with Crippen LogP contribution in [0.25, 0.3) is 6.08 Å². The highest BCUT2D eigenvalue weighted by Crippen LogP contribution is 2.18. The van der Waals surface area contributed by atoms with Gasteiger partial charge in [-0.2, -0.15) is 0 Å². The molecule has 0 heterocycles. The van der Waals surface area contributed by atoms with Crippen LogP contribution in [0.1, 0.15) is 11.1 Å². The van der Waals surface area contributed by atoms with Crippen molar-refractivity contribution in [1.29, 1.82) is 0 Å². The van der Waals surface area contributed by atoms with E-state index in [1.165, 1.54) is 6.08 Å². The second-order valence-electron chi connectivity index (χ2n) is 5.10. The van der Waals surface area contributed by atoms with E-state index in [1.807, 2.05) is 43.3 Å². The summed E-state index contributed by atoms with van der Waals surface area (Å²) in [7, 11) is 1.56. The van der Waals surface area contributed by atoms with Gasteiger partial charge in [-0.05, 0) is 36.8 Å². The molecular weight excluding hydrogens is 306 g/mol. The van der Waals surface area contributed by atoms with Crippen molar-refractivity contribution >= 4 is 23.6 Å². The van der Waals surface area contributed by atoms with E-state index in [4.69, 9.17) is 9.47 Å². The maximum atomic E-state index is 11.8. The fraction of sp³-hybridized carbons (Fsp3) is 0.158. The molecule has 2 aromatic carbocycles. The summed E-state index contributed by atoms with van der Waals surface area (Å²) in [5, 5.41) is 2.67. The summed E-state index contributed by atoms with van der Waals surface area (Å²) in [4.78, 5) is 23.5. The van der Waals surface area contributed by atoms with Crippen molar-refractivity contribution in [3.63, 3.8) is 0 Å².